The van der Waals surface area contributed by atoms with Crippen molar-refractivity contribution in [1.82, 2.24) is 25.1 Å². The van der Waals surface area contributed by atoms with Gasteiger partial charge in [-0.25, -0.2) is 9.97 Å². The molecular weight excluding hydrogens is 388 g/mol. The van der Waals surface area contributed by atoms with E-state index in [1.165, 1.54) is 11.8 Å². The van der Waals surface area contributed by atoms with Crippen molar-refractivity contribution in [3.63, 3.8) is 0 Å². The quantitative estimate of drug-likeness (QED) is 0.391. The number of nitrogens with zero attached hydrogens (tertiary/aromatic N) is 5. The average Bonchev–Trinajstić information content (AvgIpc) is 2.67. The number of hydrogen-bond donors (Lipinski definition) is 1. The number of carbonyl (C=O) groups excluding carboxylic acids is 1. The Morgan fingerprint density at radius 2 is 1.96 bits per heavy atom. The van der Waals surface area contributed by atoms with E-state index in [0.717, 1.165) is 64.8 Å². The van der Waals surface area contributed by atoms with Crippen LogP contribution in [0.25, 0.3) is 0 Å². The van der Waals surface area contributed by atoms with E-state index in [1.807, 2.05) is 0 Å². The number of halogens is 1. The molecule has 2 aliphatic rings. The molecule has 10 heteroatoms. The number of rotatable bonds is 7. The second-order valence-electron chi connectivity index (χ2n) is 6.71. The van der Waals surface area contributed by atoms with Crippen molar-refractivity contribution in [3.8, 4) is 0 Å². The van der Waals surface area contributed by atoms with Gasteiger partial charge in [-0.1, -0.05) is 23.4 Å². The van der Waals surface area contributed by atoms with E-state index < -0.39 is 0 Å². The molecule has 2 fully saturated rings. The smallest absolute Gasteiger partial charge is 0.230 e. The summed E-state index contributed by atoms with van der Waals surface area (Å²) >= 11 is 7.48. The highest BCUT2D eigenvalue weighted by Crippen LogP contribution is 2.22. The van der Waals surface area contributed by atoms with Crippen LogP contribution in [0.3, 0.4) is 0 Å². The van der Waals surface area contributed by atoms with Crippen LogP contribution in [0.1, 0.15) is 0 Å². The Labute approximate surface area is 169 Å². The van der Waals surface area contributed by atoms with Gasteiger partial charge in [-0.05, 0) is 7.05 Å². The van der Waals surface area contributed by atoms with Gasteiger partial charge in [0.1, 0.15) is 11.0 Å². The standard InChI is InChI=1S/C17H27ClN6O2S/c1-22-4-6-24(7-5-22)15-12-14(18)20-17(21-15)27-13-16(25)19-2-3-23-8-10-26-11-9-23/h12H,2-11,13H2,1H3,(H,19,25). The van der Waals surface area contributed by atoms with Crippen LogP contribution < -0.4 is 10.2 Å². The molecule has 0 unspecified atom stereocenters. The number of hydrogen-bond acceptors (Lipinski definition) is 8. The Hall–Kier alpha value is -1.13. The maximum Gasteiger partial charge on any atom is 0.230 e. The molecule has 0 aliphatic carbocycles. The summed E-state index contributed by atoms with van der Waals surface area (Å²) < 4.78 is 5.32. The van der Waals surface area contributed by atoms with Crippen molar-refractivity contribution in [2.24, 2.45) is 0 Å². The Kier molecular flexibility index (Phi) is 7.95. The molecule has 3 heterocycles. The number of piperazine rings is 1. The van der Waals surface area contributed by atoms with Gasteiger partial charge in [0, 0.05) is 58.4 Å². The molecule has 0 spiro atoms. The zero-order chi connectivity index (χ0) is 19.1. The number of likely N-dealkylation sites (N-methyl/N-ethyl adjacent to an activating group) is 1. The summed E-state index contributed by atoms with van der Waals surface area (Å²) in [4.78, 5) is 27.7. The van der Waals surface area contributed by atoms with Crippen LogP contribution >= 0.6 is 23.4 Å². The van der Waals surface area contributed by atoms with Gasteiger partial charge in [0.25, 0.3) is 0 Å². The summed E-state index contributed by atoms with van der Waals surface area (Å²) in [6, 6.07) is 1.79. The first kappa shape index (κ1) is 20.6. The van der Waals surface area contributed by atoms with Gasteiger partial charge < -0.3 is 19.9 Å². The van der Waals surface area contributed by atoms with Crippen LogP contribution in [0.15, 0.2) is 11.2 Å². The van der Waals surface area contributed by atoms with E-state index in [1.54, 1.807) is 6.07 Å². The lowest BCUT2D eigenvalue weighted by Gasteiger charge is -2.33. The number of thioether (sulfide) groups is 1. The molecule has 27 heavy (non-hydrogen) atoms. The Morgan fingerprint density at radius 1 is 1.22 bits per heavy atom. The first-order chi connectivity index (χ1) is 13.1. The molecule has 1 N–H and O–H groups in total. The summed E-state index contributed by atoms with van der Waals surface area (Å²) in [6.45, 7) is 8.70. The van der Waals surface area contributed by atoms with Gasteiger partial charge >= 0.3 is 0 Å². The molecule has 2 aliphatic heterocycles. The SMILES string of the molecule is CN1CCN(c2cc(Cl)nc(SCC(=O)NCCN3CCOCC3)n2)CC1. The monoisotopic (exact) mass is 414 g/mol. The van der Waals surface area contributed by atoms with Crippen LogP contribution in [-0.2, 0) is 9.53 Å². The predicted molar refractivity (Wildman–Crippen MR) is 108 cm³/mol. The first-order valence-corrected chi connectivity index (χ1v) is 10.6. The summed E-state index contributed by atoms with van der Waals surface area (Å²) in [5.74, 6) is 1.10. The van der Waals surface area contributed by atoms with Crippen molar-refractivity contribution in [2.75, 3.05) is 83.3 Å². The van der Waals surface area contributed by atoms with E-state index in [9.17, 15) is 4.79 Å². The van der Waals surface area contributed by atoms with Gasteiger partial charge in [0.15, 0.2) is 5.16 Å². The van der Waals surface area contributed by atoms with E-state index in [2.05, 4.69) is 37.0 Å². The number of nitrogens with one attached hydrogen (secondary N) is 1. The van der Waals surface area contributed by atoms with Gasteiger partial charge in [-0.2, -0.15) is 0 Å². The maximum atomic E-state index is 12.1. The summed E-state index contributed by atoms with van der Waals surface area (Å²) in [7, 11) is 2.11. The van der Waals surface area contributed by atoms with Crippen molar-refractivity contribution < 1.29 is 9.53 Å². The molecule has 150 valence electrons. The zero-order valence-electron chi connectivity index (χ0n) is 15.7. The molecule has 3 rings (SSSR count). The number of carbonyl (C=O) groups is 1. The lowest BCUT2D eigenvalue weighted by molar-refractivity contribution is -0.118. The number of ether oxygens (including phenoxy) is 1. The first-order valence-electron chi connectivity index (χ1n) is 9.28. The molecule has 0 aromatic carbocycles. The average molecular weight is 415 g/mol. The van der Waals surface area contributed by atoms with E-state index in [4.69, 9.17) is 16.3 Å². The number of aromatic nitrogens is 2. The molecule has 8 nitrogen and oxygen atoms in total. The summed E-state index contributed by atoms with van der Waals surface area (Å²) in [5, 5.41) is 3.90. The fourth-order valence-electron chi connectivity index (χ4n) is 3.01. The predicted octanol–water partition coefficient (Wildman–Crippen LogP) is 0.422. The molecule has 1 aromatic heterocycles. The molecule has 1 amide bonds. The largest absolute Gasteiger partial charge is 0.379 e. The molecule has 0 atom stereocenters. The molecule has 0 radical (unpaired) electrons. The second kappa shape index (κ2) is 10.4. The topological polar surface area (TPSA) is 73.8 Å². The fraction of sp³-hybridized carbons (Fsp3) is 0.706. The van der Waals surface area contributed by atoms with E-state index >= 15 is 0 Å². The third-order valence-electron chi connectivity index (χ3n) is 4.67. The second-order valence-corrected chi connectivity index (χ2v) is 8.04. The molecule has 0 saturated carbocycles. The zero-order valence-corrected chi connectivity index (χ0v) is 17.3. The summed E-state index contributed by atoms with van der Waals surface area (Å²) in [5.41, 5.74) is 0. The fourth-order valence-corrected chi connectivity index (χ4v) is 3.92. The minimum Gasteiger partial charge on any atom is -0.379 e. The minimum absolute atomic E-state index is 0.0158. The Bertz CT molecular complexity index is 623. The Morgan fingerprint density at radius 3 is 2.70 bits per heavy atom. The number of morpholine rings is 1. The minimum atomic E-state index is -0.0158. The highest BCUT2D eigenvalue weighted by molar-refractivity contribution is 7.99. The van der Waals surface area contributed by atoms with E-state index in [-0.39, 0.29) is 11.7 Å². The third kappa shape index (κ3) is 6.76. The van der Waals surface area contributed by atoms with Crippen LogP contribution in [0, 0.1) is 0 Å². The van der Waals surface area contributed by atoms with Crippen molar-refractivity contribution in [1.29, 1.82) is 0 Å². The lowest BCUT2D eigenvalue weighted by atomic mass is 10.3. The van der Waals surface area contributed by atoms with Gasteiger partial charge in [-0.3, -0.25) is 9.69 Å². The van der Waals surface area contributed by atoms with Gasteiger partial charge in [0.2, 0.25) is 5.91 Å². The van der Waals surface area contributed by atoms with Crippen molar-refractivity contribution >= 4 is 35.1 Å². The third-order valence-corrected chi connectivity index (χ3v) is 5.72. The van der Waals surface area contributed by atoms with Crippen molar-refractivity contribution in [2.45, 2.75) is 5.16 Å². The van der Waals surface area contributed by atoms with Crippen LogP contribution in [-0.4, -0.2) is 104 Å². The number of amides is 1. The van der Waals surface area contributed by atoms with Crippen LogP contribution in [0.4, 0.5) is 5.82 Å². The highest BCUT2D eigenvalue weighted by atomic mass is 35.5. The van der Waals surface area contributed by atoms with Gasteiger partial charge in [-0.15, -0.1) is 0 Å². The molecule has 1 aromatic rings. The lowest BCUT2D eigenvalue weighted by Crippen LogP contribution is -2.44. The summed E-state index contributed by atoms with van der Waals surface area (Å²) in [6.07, 6.45) is 0. The highest BCUT2D eigenvalue weighted by Gasteiger charge is 2.17. The van der Waals surface area contributed by atoms with Crippen molar-refractivity contribution in [3.05, 3.63) is 11.2 Å². The number of anilines is 1. The molecule has 2 saturated heterocycles. The Balaban J connectivity index is 1.43. The van der Waals surface area contributed by atoms with E-state index in [0.29, 0.717) is 16.9 Å². The molecule has 0 bridgehead atoms. The van der Waals surface area contributed by atoms with Gasteiger partial charge in [0.05, 0.1) is 19.0 Å². The maximum absolute atomic E-state index is 12.1. The van der Waals surface area contributed by atoms with Crippen LogP contribution in [0.2, 0.25) is 5.15 Å². The normalized spacial score (nSPS) is 19.3. The molecular formula is C17H27ClN6O2S. The van der Waals surface area contributed by atoms with Crippen LogP contribution in [0.5, 0.6) is 0 Å².